The Morgan fingerprint density at radius 3 is 2.35 bits per heavy atom. The minimum Gasteiger partial charge on any atom is -0.466 e. The van der Waals surface area contributed by atoms with E-state index in [-0.39, 0.29) is 29.7 Å². The van der Waals surface area contributed by atoms with E-state index in [1.54, 1.807) is 4.90 Å². The summed E-state index contributed by atoms with van der Waals surface area (Å²) in [5.41, 5.74) is 2.06. The SMILES string of the molecule is CC(C)(C)[C@H](c1cc(-c2cc(F)ccc2F)cn1Cc1ccccc1)N(CCCCC(=O)OCC[Si](C)(C)C)C(=O)CCl. The fourth-order valence-corrected chi connectivity index (χ4v) is 6.05. The first-order valence-corrected chi connectivity index (χ1v) is 19.1. The van der Waals surface area contributed by atoms with E-state index in [4.69, 9.17) is 16.3 Å². The second-order valence-electron chi connectivity index (χ2n) is 13.4. The zero-order chi connectivity index (χ0) is 31.8. The quantitative estimate of drug-likeness (QED) is 0.0775. The molecule has 3 rings (SSSR count). The Morgan fingerprint density at radius 1 is 1.02 bits per heavy atom. The molecule has 43 heavy (non-hydrogen) atoms. The van der Waals surface area contributed by atoms with Gasteiger partial charge < -0.3 is 14.2 Å². The van der Waals surface area contributed by atoms with Crippen LogP contribution in [0.3, 0.4) is 0 Å². The highest BCUT2D eigenvalue weighted by Gasteiger charge is 2.37. The molecule has 0 unspecified atom stereocenters. The highest BCUT2D eigenvalue weighted by molar-refractivity contribution is 6.76. The molecular weight excluding hydrogens is 586 g/mol. The zero-order valence-corrected chi connectivity index (χ0v) is 28.0. The molecule has 234 valence electrons. The van der Waals surface area contributed by atoms with Crippen LogP contribution in [0.2, 0.25) is 25.7 Å². The van der Waals surface area contributed by atoms with Gasteiger partial charge in [-0.15, -0.1) is 11.6 Å². The number of rotatable bonds is 14. The van der Waals surface area contributed by atoms with Crippen molar-refractivity contribution in [3.05, 3.63) is 83.7 Å². The third-order valence-corrected chi connectivity index (χ3v) is 9.29. The average Bonchev–Trinajstić information content (AvgIpc) is 3.32. The number of unbranched alkanes of at least 4 members (excludes halogenated alkanes) is 1. The monoisotopic (exact) mass is 630 g/mol. The molecule has 0 saturated carbocycles. The Labute approximate surface area is 261 Å². The van der Waals surface area contributed by atoms with Crippen molar-refractivity contribution in [3.63, 3.8) is 0 Å². The molecule has 2 aromatic carbocycles. The summed E-state index contributed by atoms with van der Waals surface area (Å²) < 4.78 is 36.5. The van der Waals surface area contributed by atoms with Crippen LogP contribution in [0.5, 0.6) is 0 Å². The molecule has 0 spiro atoms. The van der Waals surface area contributed by atoms with E-state index >= 15 is 0 Å². The van der Waals surface area contributed by atoms with Gasteiger partial charge in [-0.2, -0.15) is 0 Å². The van der Waals surface area contributed by atoms with Crippen molar-refractivity contribution >= 4 is 31.6 Å². The number of carbonyl (C=O) groups is 2. The molecule has 0 saturated heterocycles. The predicted molar refractivity (Wildman–Crippen MR) is 173 cm³/mol. The van der Waals surface area contributed by atoms with Crippen LogP contribution in [0, 0.1) is 17.0 Å². The second-order valence-corrected chi connectivity index (χ2v) is 19.3. The lowest BCUT2D eigenvalue weighted by Gasteiger charge is -2.41. The van der Waals surface area contributed by atoms with Crippen LogP contribution < -0.4 is 0 Å². The summed E-state index contributed by atoms with van der Waals surface area (Å²) in [6.07, 6.45) is 3.25. The number of hydrogen-bond acceptors (Lipinski definition) is 3. The Bertz CT molecular complexity index is 1370. The average molecular weight is 631 g/mol. The summed E-state index contributed by atoms with van der Waals surface area (Å²) in [5.74, 6) is -1.71. The van der Waals surface area contributed by atoms with E-state index in [1.807, 2.05) is 67.9 Å². The minimum absolute atomic E-state index is 0.156. The Kier molecular flexibility index (Phi) is 12.2. The molecule has 0 N–H and O–H groups in total. The summed E-state index contributed by atoms with van der Waals surface area (Å²) in [4.78, 5) is 27.5. The molecule has 0 aliphatic rings. The van der Waals surface area contributed by atoms with Gasteiger partial charge in [0.15, 0.2) is 0 Å². The first-order valence-electron chi connectivity index (χ1n) is 14.9. The van der Waals surface area contributed by atoms with Gasteiger partial charge in [0.1, 0.15) is 17.5 Å². The lowest BCUT2D eigenvalue weighted by Crippen LogP contribution is -2.43. The van der Waals surface area contributed by atoms with Crippen molar-refractivity contribution in [2.45, 2.75) is 78.3 Å². The van der Waals surface area contributed by atoms with Gasteiger partial charge in [-0.25, -0.2) is 8.78 Å². The molecule has 5 nitrogen and oxygen atoms in total. The molecule has 3 aromatic rings. The maximum atomic E-state index is 14.9. The second kappa shape index (κ2) is 15.2. The molecule has 0 fully saturated rings. The maximum absolute atomic E-state index is 14.9. The van der Waals surface area contributed by atoms with E-state index in [9.17, 15) is 18.4 Å². The van der Waals surface area contributed by atoms with Crippen molar-refractivity contribution < 1.29 is 23.1 Å². The number of hydrogen-bond donors (Lipinski definition) is 0. The predicted octanol–water partition coefficient (Wildman–Crippen LogP) is 8.69. The lowest BCUT2D eigenvalue weighted by atomic mass is 9.83. The fourth-order valence-electron chi connectivity index (χ4n) is 5.18. The molecule has 0 aliphatic carbocycles. The van der Waals surface area contributed by atoms with Gasteiger partial charge in [0.25, 0.3) is 0 Å². The molecule has 1 atom stereocenters. The molecule has 1 amide bonds. The van der Waals surface area contributed by atoms with E-state index in [2.05, 4.69) is 19.6 Å². The van der Waals surface area contributed by atoms with Crippen LogP contribution in [-0.2, 0) is 20.9 Å². The lowest BCUT2D eigenvalue weighted by molar-refractivity contribution is -0.143. The topological polar surface area (TPSA) is 51.5 Å². The Balaban J connectivity index is 1.93. The van der Waals surface area contributed by atoms with Crippen molar-refractivity contribution in [2.24, 2.45) is 5.41 Å². The van der Waals surface area contributed by atoms with Gasteiger partial charge in [0, 0.05) is 50.6 Å². The van der Waals surface area contributed by atoms with Crippen LogP contribution in [0.25, 0.3) is 11.1 Å². The highest BCUT2D eigenvalue weighted by Crippen LogP contribution is 2.41. The molecule has 1 aromatic heterocycles. The molecule has 0 aliphatic heterocycles. The summed E-state index contributed by atoms with van der Waals surface area (Å²) in [6, 6.07) is 15.6. The number of aromatic nitrogens is 1. The Hall–Kier alpha value is -2.97. The van der Waals surface area contributed by atoms with E-state index in [1.165, 1.54) is 6.07 Å². The van der Waals surface area contributed by atoms with Gasteiger partial charge in [-0.05, 0) is 54.1 Å². The van der Waals surface area contributed by atoms with Crippen molar-refractivity contribution in [1.82, 2.24) is 9.47 Å². The van der Waals surface area contributed by atoms with Crippen molar-refractivity contribution in [3.8, 4) is 11.1 Å². The largest absolute Gasteiger partial charge is 0.466 e. The summed E-state index contributed by atoms with van der Waals surface area (Å²) >= 11 is 6.13. The smallest absolute Gasteiger partial charge is 0.305 e. The standard InChI is InChI=1S/C34H45ClF2N2O3Si/c1-34(2,3)33(39(31(40)22-35)17-11-10-14-32(41)42-18-19-43(4,5)6)30-20-26(28-21-27(36)15-16-29(28)37)24-38(30)23-25-12-8-7-9-13-25/h7-9,12-13,15-16,20-21,24,33H,10-11,14,17-19,22-23H2,1-6H3/t33-/m0/s1. The van der Waals surface area contributed by atoms with Gasteiger partial charge in [-0.1, -0.05) is 70.7 Å². The summed E-state index contributed by atoms with van der Waals surface area (Å²) in [6.45, 7) is 14.2. The first kappa shape index (κ1) is 34.5. The minimum atomic E-state index is -1.29. The van der Waals surface area contributed by atoms with Crippen LogP contribution in [0.4, 0.5) is 8.78 Å². The molecular formula is C34H45ClF2N2O3Si. The van der Waals surface area contributed by atoms with Gasteiger partial charge >= 0.3 is 5.97 Å². The number of amides is 1. The van der Waals surface area contributed by atoms with Crippen LogP contribution in [-0.4, -0.2) is 48.4 Å². The normalized spacial score (nSPS) is 12.7. The number of benzene rings is 2. The summed E-state index contributed by atoms with van der Waals surface area (Å²) in [5, 5.41) is 0. The van der Waals surface area contributed by atoms with Crippen molar-refractivity contribution in [2.75, 3.05) is 19.0 Å². The molecule has 1 heterocycles. The van der Waals surface area contributed by atoms with E-state index < -0.39 is 31.2 Å². The van der Waals surface area contributed by atoms with Gasteiger partial charge in [-0.3, -0.25) is 9.59 Å². The van der Waals surface area contributed by atoms with E-state index in [0.29, 0.717) is 38.1 Å². The molecule has 0 bridgehead atoms. The molecule has 0 radical (unpaired) electrons. The van der Waals surface area contributed by atoms with Crippen LogP contribution >= 0.6 is 11.6 Å². The third-order valence-electron chi connectivity index (χ3n) is 7.36. The number of halogens is 3. The van der Waals surface area contributed by atoms with Gasteiger partial charge in [0.2, 0.25) is 5.91 Å². The maximum Gasteiger partial charge on any atom is 0.305 e. The zero-order valence-electron chi connectivity index (χ0n) is 26.3. The molecule has 9 heteroatoms. The van der Waals surface area contributed by atoms with Crippen molar-refractivity contribution in [1.29, 1.82) is 0 Å². The highest BCUT2D eigenvalue weighted by atomic mass is 35.5. The number of esters is 1. The number of ether oxygens (including phenoxy) is 1. The number of alkyl halides is 1. The first-order chi connectivity index (χ1) is 20.2. The van der Waals surface area contributed by atoms with E-state index in [0.717, 1.165) is 29.4 Å². The Morgan fingerprint density at radius 2 is 1.72 bits per heavy atom. The summed E-state index contributed by atoms with van der Waals surface area (Å²) in [7, 11) is -1.29. The fraction of sp³-hybridized carbons (Fsp3) is 0.471. The van der Waals surface area contributed by atoms with Gasteiger partial charge in [0.05, 0.1) is 12.6 Å². The van der Waals surface area contributed by atoms with Crippen LogP contribution in [0.1, 0.15) is 57.3 Å². The van der Waals surface area contributed by atoms with Crippen LogP contribution in [0.15, 0.2) is 60.8 Å². The number of carbonyl (C=O) groups excluding carboxylic acids is 2. The number of nitrogens with zero attached hydrogens (tertiary/aromatic N) is 2. The third kappa shape index (κ3) is 10.3.